The fourth-order valence-corrected chi connectivity index (χ4v) is 4.16. The summed E-state index contributed by atoms with van der Waals surface area (Å²) < 4.78 is 1.49. The van der Waals surface area contributed by atoms with Crippen molar-refractivity contribution in [3.05, 3.63) is 68.8 Å². The van der Waals surface area contributed by atoms with Gasteiger partial charge in [-0.25, -0.2) is 4.98 Å². The lowest BCUT2D eigenvalue weighted by Crippen LogP contribution is -2.26. The molecule has 0 aliphatic carbocycles. The summed E-state index contributed by atoms with van der Waals surface area (Å²) in [6.45, 7) is 5.67. The predicted molar refractivity (Wildman–Crippen MR) is 111 cm³/mol. The molecule has 0 radical (unpaired) electrons. The van der Waals surface area contributed by atoms with Gasteiger partial charge in [-0.05, 0) is 30.5 Å². The van der Waals surface area contributed by atoms with Crippen LogP contribution in [0.1, 0.15) is 6.92 Å². The fraction of sp³-hybridized carbons (Fsp3) is 0.167. The Bertz CT molecular complexity index is 1100. The van der Waals surface area contributed by atoms with Crippen molar-refractivity contribution in [2.24, 2.45) is 0 Å². The Morgan fingerprint density at radius 1 is 1.43 bits per heavy atom. The van der Waals surface area contributed by atoms with Gasteiger partial charge in [-0.3, -0.25) is 24.3 Å². The van der Waals surface area contributed by atoms with Crippen LogP contribution in [0.4, 0.5) is 11.4 Å². The van der Waals surface area contributed by atoms with Crippen LogP contribution in [0.15, 0.2) is 58.3 Å². The number of thioether (sulfide) groups is 1. The first-order valence-electron chi connectivity index (χ1n) is 8.21. The number of nitro benzene ring substituents is 1. The molecule has 28 heavy (non-hydrogen) atoms. The molecule has 1 unspecified atom stereocenters. The van der Waals surface area contributed by atoms with Gasteiger partial charge in [-0.15, -0.1) is 17.9 Å². The Balaban J connectivity index is 1.79. The van der Waals surface area contributed by atoms with Crippen molar-refractivity contribution < 1.29 is 9.72 Å². The molecule has 0 saturated carbocycles. The first-order valence-corrected chi connectivity index (χ1v) is 9.97. The molecule has 0 saturated heterocycles. The fourth-order valence-electron chi connectivity index (χ4n) is 2.43. The second-order valence-electron chi connectivity index (χ2n) is 5.79. The van der Waals surface area contributed by atoms with E-state index in [-0.39, 0.29) is 23.7 Å². The van der Waals surface area contributed by atoms with Crippen molar-refractivity contribution in [2.75, 3.05) is 5.32 Å². The van der Waals surface area contributed by atoms with Crippen molar-refractivity contribution in [1.82, 2.24) is 9.55 Å². The molecule has 0 fully saturated rings. The van der Waals surface area contributed by atoms with E-state index in [9.17, 15) is 19.7 Å². The third kappa shape index (κ3) is 4.12. The summed E-state index contributed by atoms with van der Waals surface area (Å²) in [5.74, 6) is -0.301. The van der Waals surface area contributed by atoms with Crippen molar-refractivity contribution in [2.45, 2.75) is 23.9 Å². The number of rotatable bonds is 7. The molecule has 10 heteroatoms. The lowest BCUT2D eigenvalue weighted by Gasteiger charge is -2.14. The van der Waals surface area contributed by atoms with E-state index in [1.54, 1.807) is 24.4 Å². The van der Waals surface area contributed by atoms with Crippen LogP contribution in [-0.4, -0.2) is 25.6 Å². The molecular weight excluding hydrogens is 400 g/mol. The third-order valence-electron chi connectivity index (χ3n) is 3.86. The lowest BCUT2D eigenvalue weighted by molar-refractivity contribution is -0.384. The molecular formula is C18H16N4O4S2. The van der Waals surface area contributed by atoms with E-state index in [2.05, 4.69) is 16.9 Å². The number of carbonyl (C=O) groups excluding carboxylic acids is 1. The highest BCUT2D eigenvalue weighted by Gasteiger charge is 2.20. The molecule has 1 N–H and O–H groups in total. The highest BCUT2D eigenvalue weighted by molar-refractivity contribution is 8.00. The van der Waals surface area contributed by atoms with Crippen molar-refractivity contribution in [1.29, 1.82) is 0 Å². The molecule has 2 heterocycles. The standard InChI is InChI=1S/C18H16N4O4S2/c1-3-9-21-17(24)14-8-10-27-16(14)20-18(21)28-11(2)15(23)19-12-4-6-13(7-5-12)22(25)26/h3-8,10-11H,1,9H2,2H3,(H,19,23). The van der Waals surface area contributed by atoms with Gasteiger partial charge in [0.15, 0.2) is 5.16 Å². The van der Waals surface area contributed by atoms with Crippen LogP contribution in [0.25, 0.3) is 10.2 Å². The second kappa shape index (κ2) is 8.36. The Labute approximate surface area is 168 Å². The van der Waals surface area contributed by atoms with Gasteiger partial charge in [0.2, 0.25) is 5.91 Å². The van der Waals surface area contributed by atoms with Gasteiger partial charge in [0, 0.05) is 24.4 Å². The number of nitro groups is 1. The van der Waals surface area contributed by atoms with Gasteiger partial charge in [0.25, 0.3) is 11.2 Å². The zero-order valence-electron chi connectivity index (χ0n) is 14.8. The highest BCUT2D eigenvalue weighted by atomic mass is 32.2. The molecule has 1 amide bonds. The number of nitrogens with one attached hydrogen (secondary N) is 1. The number of nitrogens with zero attached hydrogens (tertiary/aromatic N) is 3. The van der Waals surface area contributed by atoms with Crippen molar-refractivity contribution in [3.8, 4) is 0 Å². The number of benzene rings is 1. The van der Waals surface area contributed by atoms with Gasteiger partial charge in [0.05, 0.1) is 15.6 Å². The van der Waals surface area contributed by atoms with E-state index < -0.39 is 10.2 Å². The van der Waals surface area contributed by atoms with Crippen LogP contribution in [0.5, 0.6) is 0 Å². The van der Waals surface area contributed by atoms with E-state index in [0.29, 0.717) is 21.1 Å². The Morgan fingerprint density at radius 2 is 2.14 bits per heavy atom. The summed E-state index contributed by atoms with van der Waals surface area (Å²) >= 11 is 2.53. The zero-order chi connectivity index (χ0) is 20.3. The minimum atomic E-state index is -0.546. The van der Waals surface area contributed by atoms with E-state index in [1.807, 2.05) is 0 Å². The molecule has 1 aromatic carbocycles. The topological polar surface area (TPSA) is 107 Å². The third-order valence-corrected chi connectivity index (χ3v) is 5.75. The summed E-state index contributed by atoms with van der Waals surface area (Å²) in [6.07, 6.45) is 1.60. The van der Waals surface area contributed by atoms with Gasteiger partial charge in [-0.1, -0.05) is 17.8 Å². The second-order valence-corrected chi connectivity index (χ2v) is 7.99. The molecule has 0 aliphatic rings. The van der Waals surface area contributed by atoms with E-state index in [4.69, 9.17) is 0 Å². The van der Waals surface area contributed by atoms with E-state index in [0.717, 1.165) is 0 Å². The molecule has 1 atom stereocenters. The average molecular weight is 416 g/mol. The number of aromatic nitrogens is 2. The smallest absolute Gasteiger partial charge is 0.269 e. The summed E-state index contributed by atoms with van der Waals surface area (Å²) in [5, 5.41) is 15.7. The van der Waals surface area contributed by atoms with Gasteiger partial charge in [0.1, 0.15) is 4.83 Å². The Hall–Kier alpha value is -2.98. The average Bonchev–Trinajstić information content (AvgIpc) is 3.14. The Morgan fingerprint density at radius 3 is 2.79 bits per heavy atom. The number of amides is 1. The number of carbonyl (C=O) groups is 1. The minimum absolute atomic E-state index is 0.0534. The lowest BCUT2D eigenvalue weighted by atomic mass is 10.3. The number of thiophene rings is 1. The molecule has 0 bridgehead atoms. The molecule has 0 spiro atoms. The van der Waals surface area contributed by atoms with Crippen LogP contribution in [0.3, 0.4) is 0 Å². The van der Waals surface area contributed by atoms with Gasteiger partial charge in [-0.2, -0.15) is 0 Å². The van der Waals surface area contributed by atoms with Gasteiger partial charge >= 0.3 is 0 Å². The highest BCUT2D eigenvalue weighted by Crippen LogP contribution is 2.25. The number of anilines is 1. The maximum Gasteiger partial charge on any atom is 0.269 e. The van der Waals surface area contributed by atoms with Crippen LogP contribution in [-0.2, 0) is 11.3 Å². The van der Waals surface area contributed by atoms with Crippen LogP contribution in [0.2, 0.25) is 0 Å². The van der Waals surface area contributed by atoms with Crippen molar-refractivity contribution >= 4 is 50.6 Å². The monoisotopic (exact) mass is 416 g/mol. The van der Waals surface area contributed by atoms with Gasteiger partial charge < -0.3 is 5.32 Å². The first kappa shape index (κ1) is 19.8. The van der Waals surface area contributed by atoms with E-state index >= 15 is 0 Å². The predicted octanol–water partition coefficient (Wildman–Crippen LogP) is 3.67. The first-order chi connectivity index (χ1) is 13.4. The molecule has 2 aromatic heterocycles. The summed E-state index contributed by atoms with van der Waals surface area (Å²) in [7, 11) is 0. The zero-order valence-corrected chi connectivity index (χ0v) is 16.5. The maximum absolute atomic E-state index is 12.6. The molecule has 3 rings (SSSR count). The number of fused-ring (bicyclic) bond motifs is 1. The summed E-state index contributed by atoms with van der Waals surface area (Å²) in [6, 6.07) is 7.31. The number of hydrogen-bond donors (Lipinski definition) is 1. The number of non-ortho nitro benzene ring substituents is 1. The van der Waals surface area contributed by atoms with Crippen LogP contribution >= 0.6 is 23.1 Å². The van der Waals surface area contributed by atoms with Crippen LogP contribution in [0, 0.1) is 10.1 Å². The quantitative estimate of drug-likeness (QED) is 0.207. The minimum Gasteiger partial charge on any atom is -0.325 e. The molecule has 144 valence electrons. The summed E-state index contributed by atoms with van der Waals surface area (Å²) in [4.78, 5) is 40.5. The molecule has 8 nitrogen and oxygen atoms in total. The molecule has 3 aromatic rings. The largest absolute Gasteiger partial charge is 0.325 e. The number of allylic oxidation sites excluding steroid dienone is 1. The Kier molecular flexibility index (Phi) is 5.90. The molecule has 0 aliphatic heterocycles. The number of hydrogen-bond acceptors (Lipinski definition) is 7. The van der Waals surface area contributed by atoms with E-state index in [1.165, 1.54) is 51.9 Å². The normalized spacial score (nSPS) is 11.9. The maximum atomic E-state index is 12.6. The summed E-state index contributed by atoms with van der Waals surface area (Å²) in [5.41, 5.74) is 0.229. The SMILES string of the molecule is C=CCn1c(SC(C)C(=O)Nc2ccc([N+](=O)[O-])cc2)nc2sccc2c1=O. The van der Waals surface area contributed by atoms with Crippen LogP contribution < -0.4 is 10.9 Å². The van der Waals surface area contributed by atoms with Crippen molar-refractivity contribution in [3.63, 3.8) is 0 Å².